The highest BCUT2D eigenvalue weighted by Gasteiger charge is 2.11. The Morgan fingerprint density at radius 3 is 2.79 bits per heavy atom. The first-order valence-electron chi connectivity index (χ1n) is 5.49. The number of rotatable bonds is 2. The molecule has 0 aliphatic carbocycles. The van der Waals surface area contributed by atoms with Crippen molar-refractivity contribution in [2.24, 2.45) is 0 Å². The van der Waals surface area contributed by atoms with Crippen LogP contribution in [0.2, 0.25) is 5.15 Å². The highest BCUT2D eigenvalue weighted by atomic mass is 35.5. The molecule has 0 spiro atoms. The van der Waals surface area contributed by atoms with Crippen molar-refractivity contribution in [1.82, 2.24) is 9.97 Å². The molecule has 1 aromatic carbocycles. The van der Waals surface area contributed by atoms with E-state index in [2.05, 4.69) is 9.97 Å². The normalized spacial score (nSPS) is 12.7. The van der Waals surface area contributed by atoms with Crippen LogP contribution in [0.15, 0.2) is 47.5 Å². The second-order valence-electron chi connectivity index (χ2n) is 3.96. The van der Waals surface area contributed by atoms with Crippen molar-refractivity contribution >= 4 is 33.7 Å². The topological polar surface area (TPSA) is 68.8 Å². The van der Waals surface area contributed by atoms with Gasteiger partial charge in [-0.05, 0) is 34.8 Å². The smallest absolute Gasteiger partial charge is 0.130 e. The predicted molar refractivity (Wildman–Crippen MR) is 73.7 cm³/mol. The Hall–Kier alpha value is -1.69. The van der Waals surface area contributed by atoms with Crippen LogP contribution in [0.5, 0.6) is 0 Å². The summed E-state index contributed by atoms with van der Waals surface area (Å²) in [6.07, 6.45) is 1.74. The number of benzene rings is 1. The number of nitrogens with zero attached hydrogens (tertiary/aromatic N) is 1. The zero-order valence-corrected chi connectivity index (χ0v) is 11.2. The van der Waals surface area contributed by atoms with Gasteiger partial charge in [0.25, 0.3) is 0 Å². The van der Waals surface area contributed by atoms with Crippen molar-refractivity contribution in [2.75, 3.05) is 0 Å². The molecule has 0 saturated carbocycles. The van der Waals surface area contributed by atoms with E-state index in [9.17, 15) is 8.76 Å². The first kappa shape index (κ1) is 12.3. The summed E-state index contributed by atoms with van der Waals surface area (Å²) in [7, 11) is 0. The lowest BCUT2D eigenvalue weighted by Gasteiger charge is -2.12. The summed E-state index contributed by atoms with van der Waals surface area (Å²) >= 11 is 3.68. The number of hydrogen-bond donors (Lipinski definition) is 1. The second-order valence-corrected chi connectivity index (χ2v) is 5.26. The van der Waals surface area contributed by atoms with Gasteiger partial charge in [0, 0.05) is 16.7 Å². The molecule has 4 nitrogen and oxygen atoms in total. The molecule has 3 aromatic rings. The van der Waals surface area contributed by atoms with E-state index in [0.29, 0.717) is 16.2 Å². The molecule has 1 N–H and O–H groups in total. The number of halogens is 1. The maximum atomic E-state index is 11.3. The van der Waals surface area contributed by atoms with Crippen molar-refractivity contribution in [3.8, 4) is 11.1 Å². The van der Waals surface area contributed by atoms with E-state index < -0.39 is 11.1 Å². The molecule has 19 heavy (non-hydrogen) atoms. The predicted octanol–water partition coefficient (Wildman–Crippen LogP) is 3.12. The van der Waals surface area contributed by atoms with Crippen LogP contribution in [0.3, 0.4) is 0 Å². The van der Waals surface area contributed by atoms with E-state index in [0.717, 1.165) is 11.1 Å². The van der Waals surface area contributed by atoms with E-state index in [1.807, 2.05) is 0 Å². The van der Waals surface area contributed by atoms with Crippen LogP contribution in [0.25, 0.3) is 22.2 Å². The first-order chi connectivity index (χ1) is 9.16. The SMILES string of the molecule is O=S([O-])c1ccccc1-c1cc(Cl)nc2cc[nH]c12. The summed E-state index contributed by atoms with van der Waals surface area (Å²) in [5.41, 5.74) is 2.80. The maximum Gasteiger partial charge on any atom is 0.130 e. The molecule has 2 aromatic heterocycles. The van der Waals surface area contributed by atoms with Gasteiger partial charge in [0.05, 0.1) is 11.0 Å². The molecule has 0 amide bonds. The van der Waals surface area contributed by atoms with Gasteiger partial charge in [0.15, 0.2) is 0 Å². The highest BCUT2D eigenvalue weighted by Crippen LogP contribution is 2.32. The number of nitrogens with one attached hydrogen (secondary N) is 1. The molecular formula is C13H8ClN2O2S-. The summed E-state index contributed by atoms with van der Waals surface area (Å²) < 4.78 is 22.6. The van der Waals surface area contributed by atoms with Crippen LogP contribution in [0.4, 0.5) is 0 Å². The molecule has 3 rings (SSSR count). The summed E-state index contributed by atoms with van der Waals surface area (Å²) in [5.74, 6) is 0. The fourth-order valence-corrected chi connectivity index (χ4v) is 2.80. The third kappa shape index (κ3) is 2.16. The van der Waals surface area contributed by atoms with Crippen molar-refractivity contribution in [2.45, 2.75) is 4.90 Å². The van der Waals surface area contributed by atoms with Crippen LogP contribution >= 0.6 is 11.6 Å². The molecule has 0 saturated heterocycles. The largest absolute Gasteiger partial charge is 0.768 e. The molecule has 0 radical (unpaired) electrons. The lowest BCUT2D eigenvalue weighted by Crippen LogP contribution is -1.94. The Morgan fingerprint density at radius 1 is 1.21 bits per heavy atom. The van der Waals surface area contributed by atoms with Crippen LogP contribution in [0, 0.1) is 0 Å². The van der Waals surface area contributed by atoms with Crippen LogP contribution < -0.4 is 0 Å². The van der Waals surface area contributed by atoms with E-state index in [1.54, 1.807) is 42.6 Å². The van der Waals surface area contributed by atoms with Gasteiger partial charge in [-0.15, -0.1) is 0 Å². The molecule has 1 atom stereocenters. The molecule has 0 aliphatic rings. The molecular weight excluding hydrogens is 284 g/mol. The minimum absolute atomic E-state index is 0.237. The monoisotopic (exact) mass is 291 g/mol. The average molecular weight is 292 g/mol. The van der Waals surface area contributed by atoms with E-state index in [-0.39, 0.29) is 4.90 Å². The number of aromatic amines is 1. The number of hydrogen-bond acceptors (Lipinski definition) is 3. The van der Waals surface area contributed by atoms with Crippen molar-refractivity contribution < 1.29 is 8.76 Å². The Labute approximate surface area is 116 Å². The minimum Gasteiger partial charge on any atom is -0.768 e. The Balaban J connectivity index is 2.36. The van der Waals surface area contributed by atoms with Crippen molar-refractivity contribution in [3.63, 3.8) is 0 Å². The molecule has 2 heterocycles. The van der Waals surface area contributed by atoms with E-state index >= 15 is 0 Å². The van der Waals surface area contributed by atoms with Gasteiger partial charge in [0.1, 0.15) is 5.15 Å². The second kappa shape index (κ2) is 4.77. The minimum atomic E-state index is -2.31. The standard InChI is InChI=1S/C13H9ClN2O2S/c14-12-7-9(13-10(16-12)5-6-15-13)8-3-1-2-4-11(8)19(17)18/h1-7,15H,(H,17,18)/p-1. The lowest BCUT2D eigenvalue weighted by molar-refractivity contribution is 0.537. The van der Waals surface area contributed by atoms with Crippen LogP contribution in [-0.2, 0) is 11.1 Å². The first-order valence-corrected chi connectivity index (χ1v) is 6.94. The Morgan fingerprint density at radius 2 is 2.00 bits per heavy atom. The average Bonchev–Trinajstić information content (AvgIpc) is 2.85. The van der Waals surface area contributed by atoms with Crippen molar-refractivity contribution in [3.05, 3.63) is 47.7 Å². The number of pyridine rings is 1. The Kier molecular flexibility index (Phi) is 3.10. The summed E-state index contributed by atoms with van der Waals surface area (Å²) in [6, 6.07) is 10.2. The third-order valence-electron chi connectivity index (χ3n) is 2.84. The van der Waals surface area contributed by atoms with E-state index in [1.165, 1.54) is 0 Å². The molecule has 0 fully saturated rings. The molecule has 0 aliphatic heterocycles. The zero-order valence-electron chi connectivity index (χ0n) is 9.59. The number of aromatic nitrogens is 2. The van der Waals surface area contributed by atoms with Gasteiger partial charge < -0.3 is 9.54 Å². The van der Waals surface area contributed by atoms with Gasteiger partial charge in [-0.1, -0.05) is 29.8 Å². The highest BCUT2D eigenvalue weighted by molar-refractivity contribution is 7.79. The fourth-order valence-electron chi connectivity index (χ4n) is 2.06. The van der Waals surface area contributed by atoms with Crippen molar-refractivity contribution in [1.29, 1.82) is 0 Å². The van der Waals surface area contributed by atoms with Gasteiger partial charge in [-0.25, -0.2) is 4.98 Å². The Bertz CT molecular complexity index is 785. The molecule has 1 unspecified atom stereocenters. The van der Waals surface area contributed by atoms with Crippen LogP contribution in [0.1, 0.15) is 0 Å². The van der Waals surface area contributed by atoms with E-state index in [4.69, 9.17) is 11.6 Å². The molecule has 6 heteroatoms. The third-order valence-corrected chi connectivity index (χ3v) is 3.75. The lowest BCUT2D eigenvalue weighted by atomic mass is 10.1. The molecule has 96 valence electrons. The van der Waals surface area contributed by atoms with Gasteiger partial charge >= 0.3 is 0 Å². The summed E-state index contributed by atoms with van der Waals surface area (Å²) in [4.78, 5) is 7.47. The number of H-pyrrole nitrogens is 1. The summed E-state index contributed by atoms with van der Waals surface area (Å²) in [6.45, 7) is 0. The zero-order chi connectivity index (χ0) is 13.4. The van der Waals surface area contributed by atoms with Gasteiger partial charge in [0.2, 0.25) is 0 Å². The van der Waals surface area contributed by atoms with Gasteiger partial charge in [-0.2, -0.15) is 0 Å². The maximum absolute atomic E-state index is 11.3. The van der Waals surface area contributed by atoms with Crippen LogP contribution in [-0.4, -0.2) is 18.7 Å². The van der Waals surface area contributed by atoms with Gasteiger partial charge in [-0.3, -0.25) is 4.21 Å². The fraction of sp³-hybridized carbons (Fsp3) is 0. The quantitative estimate of drug-likeness (QED) is 0.582. The molecule has 0 bridgehead atoms. The number of fused-ring (bicyclic) bond motifs is 1. The summed E-state index contributed by atoms with van der Waals surface area (Å²) in [5, 5.41) is 0.327.